The molecule has 9 heteroatoms. The number of phenols is 1. The Kier molecular flexibility index (Phi) is 6.10. The number of carbonyl (C=O) groups is 1. The maximum absolute atomic E-state index is 11.8. The smallest absolute Gasteiger partial charge is 0.243 e. The normalized spacial score (nSPS) is 30.1. The Labute approximate surface area is 138 Å². The van der Waals surface area contributed by atoms with Gasteiger partial charge in [-0.15, -0.1) is 0 Å². The lowest BCUT2D eigenvalue weighted by Gasteiger charge is -2.40. The monoisotopic (exact) mass is 343 g/mol. The fraction of sp³-hybridized carbons (Fsp3) is 0.533. The molecule has 1 aliphatic rings. The van der Waals surface area contributed by atoms with Crippen LogP contribution in [-0.4, -0.2) is 73.8 Å². The lowest BCUT2D eigenvalue weighted by molar-refractivity contribution is -0.354. The second-order valence-electron chi connectivity index (χ2n) is 5.49. The zero-order valence-electron chi connectivity index (χ0n) is 13.0. The fourth-order valence-corrected chi connectivity index (χ4v) is 2.30. The molecule has 1 heterocycles. The largest absolute Gasteiger partial charge is 0.508 e. The van der Waals surface area contributed by atoms with Gasteiger partial charge in [0.25, 0.3) is 0 Å². The summed E-state index contributed by atoms with van der Waals surface area (Å²) in [6.07, 6.45) is -7.38. The topological polar surface area (TPSA) is 140 Å². The molecule has 2 rings (SSSR count). The third kappa shape index (κ3) is 4.01. The van der Waals surface area contributed by atoms with E-state index in [1.54, 1.807) is 18.2 Å². The van der Waals surface area contributed by atoms with E-state index in [1.165, 1.54) is 13.0 Å². The minimum Gasteiger partial charge on any atom is -0.508 e. The number of para-hydroxylation sites is 1. The number of aromatic hydroxyl groups is 1. The van der Waals surface area contributed by atoms with E-state index in [2.05, 4.69) is 0 Å². The van der Waals surface area contributed by atoms with Crippen molar-refractivity contribution < 1.29 is 39.9 Å². The highest BCUT2D eigenvalue weighted by Crippen LogP contribution is 2.24. The number of phenolic OH excluding ortho intramolecular Hbond substituents is 1. The number of rotatable bonds is 5. The summed E-state index contributed by atoms with van der Waals surface area (Å²) >= 11 is 0. The lowest BCUT2D eigenvalue weighted by Crippen LogP contribution is -2.60. The molecule has 1 aliphatic heterocycles. The molecule has 0 radical (unpaired) electrons. The molecule has 0 spiro atoms. The van der Waals surface area contributed by atoms with Gasteiger partial charge in [-0.1, -0.05) is 18.2 Å². The van der Waals surface area contributed by atoms with Crippen molar-refractivity contribution in [2.24, 2.45) is 0 Å². The van der Waals surface area contributed by atoms with Crippen molar-refractivity contribution >= 4 is 5.91 Å². The van der Waals surface area contributed by atoms with E-state index < -0.39 is 43.2 Å². The highest BCUT2D eigenvalue weighted by atomic mass is 16.8. The first kappa shape index (κ1) is 18.6. The van der Waals surface area contributed by atoms with Gasteiger partial charge in [0.05, 0.1) is 13.2 Å². The highest BCUT2D eigenvalue weighted by Gasteiger charge is 2.45. The quantitative estimate of drug-likeness (QED) is 0.406. The summed E-state index contributed by atoms with van der Waals surface area (Å²) in [6, 6.07) is 6.32. The van der Waals surface area contributed by atoms with Gasteiger partial charge in [-0.2, -0.15) is 0 Å². The molecule has 1 saturated heterocycles. The summed E-state index contributed by atoms with van der Waals surface area (Å²) in [5, 5.41) is 49.2. The summed E-state index contributed by atoms with van der Waals surface area (Å²) in [6.45, 7) is 0.478. The summed E-state index contributed by atoms with van der Waals surface area (Å²) < 4.78 is 5.19. The lowest BCUT2D eigenvalue weighted by atomic mass is 9.99. The van der Waals surface area contributed by atoms with E-state index >= 15 is 0 Å². The SMILES string of the molecule is CC(=O)N(Cc1ccccc1O)O[C@@H]1O[C@H](CO)[C@H](O)[C@H](O)[C@H]1O. The van der Waals surface area contributed by atoms with Gasteiger partial charge < -0.3 is 30.3 Å². The second-order valence-corrected chi connectivity index (χ2v) is 5.49. The highest BCUT2D eigenvalue weighted by molar-refractivity contribution is 5.72. The van der Waals surface area contributed by atoms with Gasteiger partial charge in [-0.25, -0.2) is 9.90 Å². The average molecular weight is 343 g/mol. The van der Waals surface area contributed by atoms with E-state index in [-0.39, 0.29) is 12.3 Å². The molecule has 0 aromatic heterocycles. The molecule has 5 atom stereocenters. The molecule has 9 nitrogen and oxygen atoms in total. The van der Waals surface area contributed by atoms with Gasteiger partial charge in [-0.3, -0.25) is 4.79 Å². The summed E-state index contributed by atoms with van der Waals surface area (Å²) in [5.41, 5.74) is 0.400. The van der Waals surface area contributed by atoms with Crippen molar-refractivity contribution in [3.05, 3.63) is 29.8 Å². The van der Waals surface area contributed by atoms with Crippen LogP contribution < -0.4 is 0 Å². The number of aliphatic hydroxyl groups is 4. The molecular weight excluding hydrogens is 322 g/mol. The summed E-state index contributed by atoms with van der Waals surface area (Å²) in [7, 11) is 0. The van der Waals surface area contributed by atoms with Crippen LogP contribution in [0.15, 0.2) is 24.3 Å². The van der Waals surface area contributed by atoms with Crippen LogP contribution in [0.3, 0.4) is 0 Å². The van der Waals surface area contributed by atoms with Gasteiger partial charge in [0.15, 0.2) is 0 Å². The number of amides is 1. The minimum absolute atomic E-state index is 0.0406. The van der Waals surface area contributed by atoms with E-state index in [0.717, 1.165) is 5.06 Å². The van der Waals surface area contributed by atoms with Gasteiger partial charge in [0, 0.05) is 12.5 Å². The first-order chi connectivity index (χ1) is 11.3. The molecule has 1 fully saturated rings. The number of aliphatic hydroxyl groups excluding tert-OH is 4. The van der Waals surface area contributed by atoms with Gasteiger partial charge >= 0.3 is 0 Å². The van der Waals surface area contributed by atoms with Crippen molar-refractivity contribution in [2.45, 2.75) is 44.2 Å². The molecule has 1 aromatic carbocycles. The molecule has 24 heavy (non-hydrogen) atoms. The Morgan fingerprint density at radius 3 is 2.46 bits per heavy atom. The molecule has 5 N–H and O–H groups in total. The number of hydrogen-bond donors (Lipinski definition) is 5. The molecule has 0 saturated carbocycles. The van der Waals surface area contributed by atoms with Crippen molar-refractivity contribution in [2.75, 3.05) is 6.61 Å². The minimum atomic E-state index is -1.63. The first-order valence-electron chi connectivity index (χ1n) is 7.37. The van der Waals surface area contributed by atoms with Crippen LogP contribution in [0.1, 0.15) is 12.5 Å². The van der Waals surface area contributed by atoms with Crippen LogP contribution in [0.25, 0.3) is 0 Å². The van der Waals surface area contributed by atoms with Crippen LogP contribution in [-0.2, 0) is 20.9 Å². The van der Waals surface area contributed by atoms with Crippen molar-refractivity contribution in [3.8, 4) is 5.75 Å². The number of benzene rings is 1. The van der Waals surface area contributed by atoms with E-state index in [4.69, 9.17) is 14.7 Å². The molecule has 134 valence electrons. The summed E-state index contributed by atoms with van der Waals surface area (Å²) in [5.74, 6) is -0.573. The average Bonchev–Trinajstić information content (AvgIpc) is 2.56. The molecule has 0 unspecified atom stereocenters. The third-order valence-electron chi connectivity index (χ3n) is 3.74. The maximum Gasteiger partial charge on any atom is 0.243 e. The third-order valence-corrected chi connectivity index (χ3v) is 3.74. The number of nitrogens with zero attached hydrogens (tertiary/aromatic N) is 1. The van der Waals surface area contributed by atoms with Crippen LogP contribution in [0, 0.1) is 0 Å². The predicted octanol–water partition coefficient (Wildman–Crippen LogP) is -1.53. The number of carbonyl (C=O) groups excluding carboxylic acids is 1. The number of ether oxygens (including phenoxy) is 1. The fourth-order valence-electron chi connectivity index (χ4n) is 2.30. The van der Waals surface area contributed by atoms with Crippen molar-refractivity contribution in [1.82, 2.24) is 5.06 Å². The van der Waals surface area contributed by atoms with Gasteiger partial charge in [0.1, 0.15) is 30.2 Å². The van der Waals surface area contributed by atoms with Crippen molar-refractivity contribution in [3.63, 3.8) is 0 Å². The summed E-state index contributed by atoms with van der Waals surface area (Å²) in [4.78, 5) is 17.1. The van der Waals surface area contributed by atoms with Gasteiger partial charge in [0.2, 0.25) is 12.2 Å². The second kappa shape index (κ2) is 7.88. The predicted molar refractivity (Wildman–Crippen MR) is 79.2 cm³/mol. The first-order valence-corrected chi connectivity index (χ1v) is 7.37. The molecule has 0 bridgehead atoms. The standard InChI is InChI=1S/C15H21NO8/c1-8(18)16(6-9-4-2-3-5-10(9)19)24-15-14(22)13(21)12(20)11(7-17)23-15/h2-5,11-15,17,19-22H,6-7H2,1H3/t11-,12+,13+,14-,15+/m1/s1. The Morgan fingerprint density at radius 2 is 1.88 bits per heavy atom. The molecule has 1 amide bonds. The Morgan fingerprint density at radius 1 is 1.21 bits per heavy atom. The van der Waals surface area contributed by atoms with Crippen LogP contribution in [0.2, 0.25) is 0 Å². The van der Waals surface area contributed by atoms with Crippen molar-refractivity contribution in [1.29, 1.82) is 0 Å². The zero-order valence-corrected chi connectivity index (χ0v) is 13.0. The van der Waals surface area contributed by atoms with Crippen LogP contribution in [0.4, 0.5) is 0 Å². The van der Waals surface area contributed by atoms with Gasteiger partial charge in [-0.05, 0) is 6.07 Å². The van der Waals surface area contributed by atoms with E-state index in [1.807, 2.05) is 0 Å². The molecule has 0 aliphatic carbocycles. The Bertz CT molecular complexity index is 566. The Hall–Kier alpha value is -1.75. The maximum atomic E-state index is 11.8. The van der Waals surface area contributed by atoms with E-state index in [0.29, 0.717) is 5.56 Å². The zero-order chi connectivity index (χ0) is 17.9. The molecular formula is C15H21NO8. The molecule has 1 aromatic rings. The Balaban J connectivity index is 2.12. The number of hydroxylamine groups is 2. The van der Waals surface area contributed by atoms with E-state index in [9.17, 15) is 25.2 Å². The number of hydrogen-bond acceptors (Lipinski definition) is 8. The van der Waals surface area contributed by atoms with Crippen LogP contribution >= 0.6 is 0 Å². The van der Waals surface area contributed by atoms with Crippen LogP contribution in [0.5, 0.6) is 5.75 Å².